The van der Waals surface area contributed by atoms with Crippen LogP contribution < -0.4 is 21.3 Å². The van der Waals surface area contributed by atoms with Crippen molar-refractivity contribution in [1.82, 2.24) is 10.2 Å². The van der Waals surface area contributed by atoms with E-state index in [-0.39, 0.29) is 23.9 Å². The summed E-state index contributed by atoms with van der Waals surface area (Å²) in [6.45, 7) is 8.98. The average molecular weight is 462 g/mol. The highest BCUT2D eigenvalue weighted by Crippen LogP contribution is 2.50. The molecule has 1 saturated carbocycles. The Labute approximate surface area is 201 Å². The summed E-state index contributed by atoms with van der Waals surface area (Å²) in [5.41, 5.74) is 10.3. The molecule has 34 heavy (non-hydrogen) atoms. The number of anilines is 2. The van der Waals surface area contributed by atoms with E-state index in [2.05, 4.69) is 46.7 Å². The average Bonchev–Trinajstić information content (AvgIpc) is 3.66. The Morgan fingerprint density at radius 3 is 2.56 bits per heavy atom. The van der Waals surface area contributed by atoms with Crippen molar-refractivity contribution in [2.24, 2.45) is 17.6 Å². The van der Waals surface area contributed by atoms with Crippen LogP contribution in [0.3, 0.4) is 0 Å². The minimum Gasteiger partial charge on any atom is -0.378 e. The van der Waals surface area contributed by atoms with Crippen LogP contribution in [0.15, 0.2) is 42.5 Å². The number of nitrogens with zero attached hydrogens (tertiary/aromatic N) is 2. The minimum atomic E-state index is -0.453. The van der Waals surface area contributed by atoms with Gasteiger partial charge in [-0.05, 0) is 60.2 Å². The fourth-order valence-corrected chi connectivity index (χ4v) is 5.79. The fourth-order valence-electron chi connectivity index (χ4n) is 5.79. The molecule has 2 aromatic carbocycles. The quantitative estimate of drug-likeness (QED) is 0.615. The van der Waals surface area contributed by atoms with Gasteiger partial charge in [0.05, 0.1) is 6.04 Å². The third-order valence-corrected chi connectivity index (χ3v) is 7.58. The Balaban J connectivity index is 1.48. The molecule has 7 heteroatoms. The van der Waals surface area contributed by atoms with Gasteiger partial charge in [-0.25, -0.2) is 0 Å². The summed E-state index contributed by atoms with van der Waals surface area (Å²) in [7, 11) is 0. The molecule has 0 spiro atoms. The first kappa shape index (κ1) is 22.9. The number of piperazine rings is 1. The van der Waals surface area contributed by atoms with Crippen LogP contribution in [-0.4, -0.2) is 48.9 Å². The lowest BCUT2D eigenvalue weighted by molar-refractivity contribution is -0.117. The predicted octanol–water partition coefficient (Wildman–Crippen LogP) is 3.13. The molecular formula is C27H35N5O2. The van der Waals surface area contributed by atoms with Gasteiger partial charge in [0, 0.05) is 68.5 Å². The van der Waals surface area contributed by atoms with Gasteiger partial charge in [0.1, 0.15) is 0 Å². The van der Waals surface area contributed by atoms with Crippen molar-refractivity contribution in [3.05, 3.63) is 59.2 Å². The summed E-state index contributed by atoms with van der Waals surface area (Å²) in [6.07, 6.45) is 2.31. The highest BCUT2D eigenvalue weighted by molar-refractivity contribution is 5.97. The Morgan fingerprint density at radius 2 is 1.88 bits per heavy atom. The molecule has 5 rings (SSSR count). The first-order valence-corrected chi connectivity index (χ1v) is 12.4. The highest BCUT2D eigenvalue weighted by atomic mass is 16.2. The van der Waals surface area contributed by atoms with Gasteiger partial charge in [-0.2, -0.15) is 0 Å². The summed E-state index contributed by atoms with van der Waals surface area (Å²) in [6, 6.07) is 14.3. The SMILES string of the molecule is CC(=O)N1c2ccc(C(N)=O)cc2[C@H](Nc2cccc(CN3CCNCC3)c2)[C@@H](C)[C@@H]1C1CC1. The van der Waals surface area contributed by atoms with Crippen LogP contribution in [0.2, 0.25) is 0 Å². The molecule has 0 unspecified atom stereocenters. The molecule has 2 amide bonds. The number of nitrogens with two attached hydrogens (primary N) is 1. The van der Waals surface area contributed by atoms with E-state index in [1.54, 1.807) is 13.0 Å². The van der Waals surface area contributed by atoms with Gasteiger partial charge in [0.2, 0.25) is 11.8 Å². The third-order valence-electron chi connectivity index (χ3n) is 7.58. The first-order valence-electron chi connectivity index (χ1n) is 12.4. The highest BCUT2D eigenvalue weighted by Gasteiger charge is 2.47. The van der Waals surface area contributed by atoms with Gasteiger partial charge in [-0.3, -0.25) is 14.5 Å². The van der Waals surface area contributed by atoms with Crippen molar-refractivity contribution < 1.29 is 9.59 Å². The zero-order valence-electron chi connectivity index (χ0n) is 20.1. The maximum atomic E-state index is 12.8. The normalized spacial score (nSPS) is 25.0. The molecule has 3 atom stereocenters. The number of benzene rings is 2. The van der Waals surface area contributed by atoms with E-state index < -0.39 is 5.91 Å². The molecule has 0 aromatic heterocycles. The fraction of sp³-hybridized carbons (Fsp3) is 0.481. The predicted molar refractivity (Wildman–Crippen MR) is 135 cm³/mol. The van der Waals surface area contributed by atoms with Crippen LogP contribution in [0, 0.1) is 11.8 Å². The van der Waals surface area contributed by atoms with Gasteiger partial charge in [0.15, 0.2) is 0 Å². The molecule has 180 valence electrons. The van der Waals surface area contributed by atoms with Crippen molar-refractivity contribution in [3.8, 4) is 0 Å². The van der Waals surface area contributed by atoms with E-state index in [9.17, 15) is 9.59 Å². The van der Waals surface area contributed by atoms with E-state index in [0.717, 1.165) is 62.5 Å². The topological polar surface area (TPSA) is 90.7 Å². The van der Waals surface area contributed by atoms with E-state index in [0.29, 0.717) is 11.5 Å². The second-order valence-corrected chi connectivity index (χ2v) is 10.1. The van der Waals surface area contributed by atoms with Gasteiger partial charge in [0.25, 0.3) is 0 Å². The molecule has 1 saturated heterocycles. The van der Waals surface area contributed by atoms with Crippen LogP contribution in [0.5, 0.6) is 0 Å². The maximum absolute atomic E-state index is 12.8. The molecule has 1 aliphatic carbocycles. The first-order chi connectivity index (χ1) is 16.4. The standard InChI is InChI=1S/C27H35N5O2/c1-17-25(30-22-5-3-4-19(14-22)16-31-12-10-29-11-13-31)23-15-21(27(28)34)8-9-24(23)32(18(2)33)26(17)20-6-7-20/h3-5,8-9,14-15,17,20,25-26,29-30H,6-7,10-13,16H2,1-2H3,(H2,28,34)/t17-,25-,26-/m1/s1. The second kappa shape index (κ2) is 9.39. The van der Waals surface area contributed by atoms with E-state index >= 15 is 0 Å². The number of fused-ring (bicyclic) bond motifs is 1. The molecule has 2 fully saturated rings. The molecule has 2 aromatic rings. The zero-order chi connectivity index (χ0) is 23.8. The number of carbonyl (C=O) groups excluding carboxylic acids is 2. The molecule has 4 N–H and O–H groups in total. The number of nitrogens with one attached hydrogen (secondary N) is 2. The van der Waals surface area contributed by atoms with E-state index in [4.69, 9.17) is 5.73 Å². The molecule has 2 heterocycles. The number of hydrogen-bond donors (Lipinski definition) is 3. The van der Waals surface area contributed by atoms with Crippen molar-refractivity contribution >= 4 is 23.2 Å². The Hall–Kier alpha value is -2.90. The molecular weight excluding hydrogens is 426 g/mol. The Bertz CT molecular complexity index is 1080. The summed E-state index contributed by atoms with van der Waals surface area (Å²) >= 11 is 0. The minimum absolute atomic E-state index is 0.0232. The van der Waals surface area contributed by atoms with Crippen LogP contribution in [0.4, 0.5) is 11.4 Å². The molecule has 3 aliphatic rings. The van der Waals surface area contributed by atoms with Crippen LogP contribution in [0.1, 0.15) is 54.2 Å². The number of hydrogen-bond acceptors (Lipinski definition) is 5. The van der Waals surface area contributed by atoms with Crippen molar-refractivity contribution in [3.63, 3.8) is 0 Å². The lowest BCUT2D eigenvalue weighted by atomic mass is 9.79. The Kier molecular flexibility index (Phi) is 6.32. The zero-order valence-corrected chi connectivity index (χ0v) is 20.1. The molecule has 2 aliphatic heterocycles. The monoisotopic (exact) mass is 461 g/mol. The molecule has 0 bridgehead atoms. The van der Waals surface area contributed by atoms with Crippen molar-refractivity contribution in [2.75, 3.05) is 36.4 Å². The third kappa shape index (κ3) is 4.55. The van der Waals surface area contributed by atoms with Gasteiger partial charge in [-0.1, -0.05) is 19.1 Å². The second-order valence-electron chi connectivity index (χ2n) is 10.1. The summed E-state index contributed by atoms with van der Waals surface area (Å²) < 4.78 is 0. The lowest BCUT2D eigenvalue weighted by Gasteiger charge is -2.46. The summed E-state index contributed by atoms with van der Waals surface area (Å²) in [4.78, 5) is 29.2. The summed E-state index contributed by atoms with van der Waals surface area (Å²) in [5, 5.41) is 7.19. The number of carbonyl (C=O) groups is 2. The number of primary amides is 1. The smallest absolute Gasteiger partial charge is 0.248 e. The number of amides is 2. The summed E-state index contributed by atoms with van der Waals surface area (Å²) in [5.74, 6) is 0.300. The van der Waals surface area contributed by atoms with Crippen molar-refractivity contribution in [1.29, 1.82) is 0 Å². The van der Waals surface area contributed by atoms with Crippen molar-refractivity contribution in [2.45, 2.75) is 45.3 Å². The van der Waals surface area contributed by atoms with Gasteiger partial charge < -0.3 is 21.3 Å². The van der Waals surface area contributed by atoms with Crippen LogP contribution in [-0.2, 0) is 11.3 Å². The maximum Gasteiger partial charge on any atom is 0.248 e. The number of rotatable bonds is 6. The van der Waals surface area contributed by atoms with Gasteiger partial charge in [-0.15, -0.1) is 0 Å². The molecule has 0 radical (unpaired) electrons. The largest absolute Gasteiger partial charge is 0.378 e. The van der Waals surface area contributed by atoms with Crippen LogP contribution in [0.25, 0.3) is 0 Å². The van der Waals surface area contributed by atoms with Gasteiger partial charge >= 0.3 is 0 Å². The Morgan fingerprint density at radius 1 is 1.12 bits per heavy atom. The lowest BCUT2D eigenvalue weighted by Crippen LogP contribution is -2.51. The molecule has 7 nitrogen and oxygen atoms in total. The van der Waals surface area contributed by atoms with E-state index in [1.807, 2.05) is 17.0 Å². The van der Waals surface area contributed by atoms with Crippen LogP contribution >= 0.6 is 0 Å². The van der Waals surface area contributed by atoms with E-state index in [1.165, 1.54) is 5.56 Å².